The summed E-state index contributed by atoms with van der Waals surface area (Å²) in [5.41, 5.74) is 5.40. The van der Waals surface area contributed by atoms with E-state index in [2.05, 4.69) is 25.4 Å². The molecule has 0 aliphatic carbocycles. The molecule has 0 saturated carbocycles. The van der Waals surface area contributed by atoms with E-state index in [0.717, 1.165) is 0 Å². The summed E-state index contributed by atoms with van der Waals surface area (Å²) in [4.78, 5) is 19.2. The van der Waals surface area contributed by atoms with Crippen LogP contribution in [0.1, 0.15) is 0 Å². The van der Waals surface area contributed by atoms with Crippen molar-refractivity contribution in [1.29, 1.82) is 0 Å². The van der Waals surface area contributed by atoms with Crippen molar-refractivity contribution in [3.63, 3.8) is 0 Å². The summed E-state index contributed by atoms with van der Waals surface area (Å²) in [6.07, 6.45) is 1.47. The number of imidazole rings is 1. The number of H-pyrrole nitrogens is 1. The Morgan fingerprint density at radius 1 is 1.50 bits per heavy atom. The minimum absolute atomic E-state index is 0.0455. The monoisotopic (exact) mass is 196 g/mol. The Morgan fingerprint density at radius 2 is 2.36 bits per heavy atom. The standard InChI is InChI=1S/C6H8N6O2/c1-14-12-5-3-4(8-2-7-3)9-6(10-5)11-13/h2,13H,1H3,(H3,7,8,9,10,11,12). The van der Waals surface area contributed by atoms with Gasteiger partial charge in [-0.3, -0.25) is 10.0 Å². The first-order valence-corrected chi connectivity index (χ1v) is 3.75. The summed E-state index contributed by atoms with van der Waals surface area (Å²) in [5.74, 6) is 0.440. The number of nitrogens with one attached hydrogen (secondary N) is 3. The quantitative estimate of drug-likeness (QED) is 0.516. The van der Waals surface area contributed by atoms with E-state index in [1.807, 2.05) is 5.48 Å². The van der Waals surface area contributed by atoms with Crippen LogP contribution in [0.5, 0.6) is 0 Å². The molecule has 0 aromatic carbocycles. The highest BCUT2D eigenvalue weighted by molar-refractivity contribution is 5.83. The van der Waals surface area contributed by atoms with Gasteiger partial charge in [0.1, 0.15) is 5.52 Å². The lowest BCUT2D eigenvalue weighted by atomic mass is 10.5. The summed E-state index contributed by atoms with van der Waals surface area (Å²) < 4.78 is 0. The molecule has 0 unspecified atom stereocenters. The van der Waals surface area contributed by atoms with Crippen LogP contribution in [0, 0.1) is 0 Å². The lowest BCUT2D eigenvalue weighted by Crippen LogP contribution is -2.04. The molecule has 2 aromatic rings. The smallest absolute Gasteiger partial charge is 0.251 e. The van der Waals surface area contributed by atoms with Gasteiger partial charge in [-0.15, -0.1) is 0 Å². The van der Waals surface area contributed by atoms with Gasteiger partial charge in [0.25, 0.3) is 5.95 Å². The van der Waals surface area contributed by atoms with Crippen molar-refractivity contribution in [2.75, 3.05) is 18.1 Å². The van der Waals surface area contributed by atoms with Crippen molar-refractivity contribution in [3.05, 3.63) is 6.33 Å². The molecule has 0 saturated heterocycles. The van der Waals surface area contributed by atoms with E-state index < -0.39 is 0 Å². The number of aromatic amines is 1. The Kier molecular flexibility index (Phi) is 2.13. The summed E-state index contributed by atoms with van der Waals surface area (Å²) >= 11 is 0. The molecular formula is C6H8N6O2. The molecule has 2 rings (SSSR count). The third-order valence-electron chi connectivity index (χ3n) is 1.58. The van der Waals surface area contributed by atoms with Gasteiger partial charge in [-0.25, -0.2) is 15.9 Å². The molecule has 0 atom stereocenters. The maximum atomic E-state index is 8.65. The second-order valence-electron chi connectivity index (χ2n) is 2.41. The Bertz CT molecular complexity index is 441. The molecule has 74 valence electrons. The molecule has 0 bridgehead atoms. The van der Waals surface area contributed by atoms with Gasteiger partial charge < -0.3 is 4.98 Å². The van der Waals surface area contributed by atoms with Gasteiger partial charge in [-0.2, -0.15) is 9.97 Å². The lowest BCUT2D eigenvalue weighted by Gasteiger charge is -2.04. The predicted molar refractivity (Wildman–Crippen MR) is 47.7 cm³/mol. The van der Waals surface area contributed by atoms with Gasteiger partial charge in [0.15, 0.2) is 11.5 Å². The average molecular weight is 196 g/mol. The lowest BCUT2D eigenvalue weighted by molar-refractivity contribution is 0.269. The maximum absolute atomic E-state index is 8.65. The Labute approximate surface area is 78.3 Å². The SMILES string of the molecule is CONc1nc(NO)nc2nc[nH]c12. The molecule has 8 nitrogen and oxygen atoms in total. The second kappa shape index (κ2) is 3.44. The van der Waals surface area contributed by atoms with Gasteiger partial charge >= 0.3 is 0 Å². The van der Waals surface area contributed by atoms with Gasteiger partial charge in [0.05, 0.1) is 13.4 Å². The van der Waals surface area contributed by atoms with E-state index in [0.29, 0.717) is 17.0 Å². The number of hydrogen-bond donors (Lipinski definition) is 4. The van der Waals surface area contributed by atoms with E-state index >= 15 is 0 Å². The number of nitrogens with zero attached hydrogens (tertiary/aromatic N) is 3. The maximum Gasteiger partial charge on any atom is 0.251 e. The van der Waals surface area contributed by atoms with Crippen molar-refractivity contribution < 1.29 is 10.0 Å². The molecule has 0 aliphatic heterocycles. The zero-order valence-corrected chi connectivity index (χ0v) is 7.27. The minimum Gasteiger partial charge on any atom is -0.340 e. The highest BCUT2D eigenvalue weighted by atomic mass is 16.6. The molecule has 0 spiro atoms. The summed E-state index contributed by atoms with van der Waals surface area (Å²) in [6.45, 7) is 0. The number of anilines is 2. The summed E-state index contributed by atoms with van der Waals surface area (Å²) in [6, 6.07) is 0. The highest BCUT2D eigenvalue weighted by Gasteiger charge is 2.08. The third kappa shape index (κ3) is 1.32. The normalized spacial score (nSPS) is 10.4. The van der Waals surface area contributed by atoms with Crippen LogP contribution in [0.4, 0.5) is 11.8 Å². The molecule has 14 heavy (non-hydrogen) atoms. The zero-order chi connectivity index (χ0) is 9.97. The fraction of sp³-hybridized carbons (Fsp3) is 0.167. The molecule has 4 N–H and O–H groups in total. The van der Waals surface area contributed by atoms with Crippen LogP contribution >= 0.6 is 0 Å². The van der Waals surface area contributed by atoms with Crippen molar-refractivity contribution in [1.82, 2.24) is 19.9 Å². The fourth-order valence-corrected chi connectivity index (χ4v) is 1.05. The van der Waals surface area contributed by atoms with Gasteiger partial charge in [0, 0.05) is 0 Å². The Morgan fingerprint density at radius 3 is 3.07 bits per heavy atom. The topological polar surface area (TPSA) is 108 Å². The second-order valence-corrected chi connectivity index (χ2v) is 2.41. The molecule has 0 amide bonds. The van der Waals surface area contributed by atoms with Crippen molar-refractivity contribution in [2.24, 2.45) is 0 Å². The third-order valence-corrected chi connectivity index (χ3v) is 1.58. The molecule has 0 fully saturated rings. The molecule has 8 heteroatoms. The van der Waals surface area contributed by atoms with Crippen LogP contribution in [-0.4, -0.2) is 32.3 Å². The zero-order valence-electron chi connectivity index (χ0n) is 7.27. The molecule has 0 aliphatic rings. The first-order chi connectivity index (χ1) is 6.85. The van der Waals surface area contributed by atoms with Gasteiger partial charge in [-0.05, 0) is 0 Å². The van der Waals surface area contributed by atoms with Crippen molar-refractivity contribution in [3.8, 4) is 0 Å². The number of aromatic nitrogens is 4. The van der Waals surface area contributed by atoms with E-state index in [1.165, 1.54) is 13.4 Å². The first kappa shape index (κ1) is 8.66. The van der Waals surface area contributed by atoms with Crippen LogP contribution in [0.2, 0.25) is 0 Å². The summed E-state index contributed by atoms with van der Waals surface area (Å²) in [5, 5.41) is 8.65. The molecule has 2 heterocycles. The highest BCUT2D eigenvalue weighted by Crippen LogP contribution is 2.17. The number of fused-ring (bicyclic) bond motifs is 1. The molecule has 0 radical (unpaired) electrons. The van der Waals surface area contributed by atoms with Gasteiger partial charge in [-0.1, -0.05) is 0 Å². The minimum atomic E-state index is 0.0455. The van der Waals surface area contributed by atoms with Crippen LogP contribution in [0.15, 0.2) is 6.33 Å². The van der Waals surface area contributed by atoms with E-state index in [9.17, 15) is 0 Å². The largest absolute Gasteiger partial charge is 0.340 e. The van der Waals surface area contributed by atoms with Crippen LogP contribution in [0.25, 0.3) is 11.2 Å². The van der Waals surface area contributed by atoms with Crippen molar-refractivity contribution in [2.45, 2.75) is 0 Å². The number of rotatable bonds is 3. The van der Waals surface area contributed by atoms with Gasteiger partial charge in [0.2, 0.25) is 0 Å². The van der Waals surface area contributed by atoms with Crippen LogP contribution in [-0.2, 0) is 4.84 Å². The molecular weight excluding hydrogens is 188 g/mol. The average Bonchev–Trinajstić information content (AvgIpc) is 2.66. The Balaban J connectivity index is 2.58. The van der Waals surface area contributed by atoms with E-state index in [-0.39, 0.29) is 5.95 Å². The number of hydrogen-bond acceptors (Lipinski definition) is 7. The Hall–Kier alpha value is -1.93. The predicted octanol–water partition coefficient (Wildman–Crippen LogP) is 0.127. The van der Waals surface area contributed by atoms with Crippen LogP contribution in [0.3, 0.4) is 0 Å². The molecule has 2 aromatic heterocycles. The fourth-order valence-electron chi connectivity index (χ4n) is 1.05. The van der Waals surface area contributed by atoms with E-state index in [1.54, 1.807) is 0 Å². The van der Waals surface area contributed by atoms with E-state index in [4.69, 9.17) is 10.0 Å². The summed E-state index contributed by atoms with van der Waals surface area (Å²) in [7, 11) is 1.45. The first-order valence-electron chi connectivity index (χ1n) is 3.75. The van der Waals surface area contributed by atoms with Crippen molar-refractivity contribution >= 4 is 22.9 Å². The van der Waals surface area contributed by atoms with Crippen LogP contribution < -0.4 is 11.0 Å².